The number of hydrogen-bond acceptors (Lipinski definition) is 5. The number of halogens is 1. The number of carbonyl (C=O) groups excluding carboxylic acids is 3. The molecule has 1 aliphatic carbocycles. The summed E-state index contributed by atoms with van der Waals surface area (Å²) in [5, 5.41) is 2.30. The minimum Gasteiger partial charge on any atom is -0.440 e. The fraction of sp³-hybridized carbons (Fsp3) is 0.304. The molecule has 8 heteroatoms. The van der Waals surface area contributed by atoms with E-state index in [1.54, 1.807) is 29.2 Å². The highest BCUT2D eigenvalue weighted by molar-refractivity contribution is 6.01. The van der Waals surface area contributed by atoms with Crippen LogP contribution >= 0.6 is 0 Å². The monoisotopic (exact) mass is 419 g/mol. The van der Waals surface area contributed by atoms with Crippen LogP contribution in [0.25, 0.3) is 11.1 Å². The third-order valence-electron chi connectivity index (χ3n) is 6.57. The second kappa shape index (κ2) is 6.23. The van der Waals surface area contributed by atoms with Gasteiger partial charge in [-0.3, -0.25) is 19.7 Å². The number of imide groups is 1. The molecule has 2 fully saturated rings. The van der Waals surface area contributed by atoms with Crippen molar-refractivity contribution in [2.45, 2.75) is 43.7 Å². The van der Waals surface area contributed by atoms with Crippen LogP contribution < -0.4 is 5.32 Å². The predicted octanol–water partition coefficient (Wildman–Crippen LogP) is 3.13. The molecule has 1 spiro atoms. The maximum Gasteiger partial charge on any atom is 0.255 e. The maximum absolute atomic E-state index is 14.5. The van der Waals surface area contributed by atoms with E-state index in [0.717, 1.165) is 18.4 Å². The predicted molar refractivity (Wildman–Crippen MR) is 106 cm³/mol. The average molecular weight is 419 g/mol. The maximum atomic E-state index is 14.5. The molecule has 3 aromatic rings. The molecule has 31 heavy (non-hydrogen) atoms. The van der Waals surface area contributed by atoms with Gasteiger partial charge in [-0.2, -0.15) is 0 Å². The van der Waals surface area contributed by atoms with Gasteiger partial charge in [0.1, 0.15) is 17.3 Å². The zero-order chi connectivity index (χ0) is 21.3. The summed E-state index contributed by atoms with van der Waals surface area (Å²) in [4.78, 5) is 43.0. The molecule has 1 saturated heterocycles. The van der Waals surface area contributed by atoms with Crippen LogP contribution in [0.2, 0.25) is 0 Å². The van der Waals surface area contributed by atoms with Gasteiger partial charge in [0.25, 0.3) is 5.91 Å². The van der Waals surface area contributed by atoms with Crippen LogP contribution in [0.4, 0.5) is 4.39 Å². The van der Waals surface area contributed by atoms with Crippen LogP contribution in [-0.2, 0) is 21.7 Å². The largest absolute Gasteiger partial charge is 0.440 e. The number of benzene rings is 2. The van der Waals surface area contributed by atoms with Crippen molar-refractivity contribution < 1.29 is 23.2 Å². The molecule has 3 heterocycles. The van der Waals surface area contributed by atoms with Crippen molar-refractivity contribution in [1.29, 1.82) is 0 Å². The van der Waals surface area contributed by atoms with E-state index in [1.807, 2.05) is 6.07 Å². The van der Waals surface area contributed by atoms with Crippen molar-refractivity contribution in [3.8, 4) is 0 Å². The van der Waals surface area contributed by atoms with Gasteiger partial charge < -0.3 is 9.32 Å². The van der Waals surface area contributed by atoms with Gasteiger partial charge in [-0.25, -0.2) is 9.37 Å². The summed E-state index contributed by atoms with van der Waals surface area (Å²) >= 11 is 0. The molecule has 1 unspecified atom stereocenters. The molecule has 0 bridgehead atoms. The van der Waals surface area contributed by atoms with E-state index >= 15 is 0 Å². The number of rotatable bonds is 2. The number of nitrogens with zero attached hydrogens (tertiary/aromatic N) is 2. The summed E-state index contributed by atoms with van der Waals surface area (Å²) in [5.41, 5.74) is 2.31. The summed E-state index contributed by atoms with van der Waals surface area (Å²) in [6.07, 6.45) is 2.06. The zero-order valence-corrected chi connectivity index (χ0v) is 16.5. The van der Waals surface area contributed by atoms with Gasteiger partial charge >= 0.3 is 0 Å². The van der Waals surface area contributed by atoms with Gasteiger partial charge in [0.15, 0.2) is 5.58 Å². The number of oxazole rings is 1. The molecule has 1 atom stereocenters. The molecule has 0 radical (unpaired) electrons. The van der Waals surface area contributed by atoms with Crippen LogP contribution in [0.3, 0.4) is 0 Å². The highest BCUT2D eigenvalue weighted by Gasteiger charge is 2.57. The fourth-order valence-corrected chi connectivity index (χ4v) is 4.89. The van der Waals surface area contributed by atoms with E-state index in [9.17, 15) is 18.8 Å². The van der Waals surface area contributed by atoms with Crippen LogP contribution in [-0.4, -0.2) is 27.6 Å². The third kappa shape index (κ3) is 2.64. The van der Waals surface area contributed by atoms with Gasteiger partial charge in [-0.15, -0.1) is 0 Å². The highest BCUT2D eigenvalue weighted by Crippen LogP contribution is 2.57. The van der Waals surface area contributed by atoms with E-state index in [0.29, 0.717) is 35.2 Å². The van der Waals surface area contributed by atoms with E-state index in [2.05, 4.69) is 10.3 Å². The first-order valence-corrected chi connectivity index (χ1v) is 10.3. The summed E-state index contributed by atoms with van der Waals surface area (Å²) in [6, 6.07) is 9.98. The average Bonchev–Trinajstić information content (AvgIpc) is 3.29. The molecule has 7 nitrogen and oxygen atoms in total. The lowest BCUT2D eigenvalue weighted by Gasteiger charge is -2.25. The Kier molecular flexibility index (Phi) is 3.66. The number of hydrogen-bond donors (Lipinski definition) is 1. The molecule has 1 saturated carbocycles. The molecule has 1 aromatic heterocycles. The second-order valence-electron chi connectivity index (χ2n) is 8.44. The lowest BCUT2D eigenvalue weighted by Crippen LogP contribution is -2.39. The SMILES string of the molecule is O=C1CCC(c2nc3ccc(C(=O)N4Cc5cccc(F)c5C45CC5)cc3o2)C(=O)N1. The van der Waals surface area contributed by atoms with Crippen molar-refractivity contribution in [3.63, 3.8) is 0 Å². The second-order valence-corrected chi connectivity index (χ2v) is 8.44. The van der Waals surface area contributed by atoms with E-state index in [-0.39, 0.29) is 29.9 Å². The lowest BCUT2D eigenvalue weighted by atomic mass is 9.98. The first-order valence-electron chi connectivity index (χ1n) is 10.3. The summed E-state index contributed by atoms with van der Waals surface area (Å²) in [6.45, 7) is 0.377. The van der Waals surface area contributed by atoms with Gasteiger partial charge in [0, 0.05) is 24.1 Å². The van der Waals surface area contributed by atoms with Crippen LogP contribution in [0.15, 0.2) is 40.8 Å². The van der Waals surface area contributed by atoms with Crippen molar-refractivity contribution in [1.82, 2.24) is 15.2 Å². The molecular weight excluding hydrogens is 401 g/mol. The number of carbonyl (C=O) groups is 3. The Labute approximate surface area is 176 Å². The van der Waals surface area contributed by atoms with Crippen molar-refractivity contribution >= 4 is 28.8 Å². The first kappa shape index (κ1) is 18.2. The van der Waals surface area contributed by atoms with Crippen LogP contribution in [0.1, 0.15) is 59.0 Å². The number of piperidine rings is 1. The Morgan fingerprint density at radius 2 is 2.06 bits per heavy atom. The number of fused-ring (bicyclic) bond motifs is 3. The van der Waals surface area contributed by atoms with E-state index in [4.69, 9.17) is 4.42 Å². The molecule has 2 aliphatic heterocycles. The zero-order valence-electron chi connectivity index (χ0n) is 16.5. The quantitative estimate of drug-likeness (QED) is 0.645. The molecule has 156 valence electrons. The number of amides is 3. The summed E-state index contributed by atoms with van der Waals surface area (Å²) in [5.74, 6) is -1.57. The Morgan fingerprint density at radius 1 is 1.23 bits per heavy atom. The molecule has 2 aromatic carbocycles. The van der Waals surface area contributed by atoms with Crippen molar-refractivity contribution in [3.05, 3.63) is 64.8 Å². The molecule has 6 rings (SSSR count). The van der Waals surface area contributed by atoms with E-state index in [1.165, 1.54) is 6.07 Å². The van der Waals surface area contributed by atoms with Crippen LogP contribution in [0, 0.1) is 5.82 Å². The third-order valence-corrected chi connectivity index (χ3v) is 6.57. The lowest BCUT2D eigenvalue weighted by molar-refractivity contribution is -0.134. The van der Waals surface area contributed by atoms with Gasteiger partial charge in [0.05, 0.1) is 5.54 Å². The van der Waals surface area contributed by atoms with Gasteiger partial charge in [0.2, 0.25) is 17.7 Å². The smallest absolute Gasteiger partial charge is 0.255 e. The van der Waals surface area contributed by atoms with E-state index < -0.39 is 17.4 Å². The Bertz CT molecular complexity index is 1290. The number of nitrogens with one attached hydrogen (secondary N) is 1. The normalized spacial score (nSPS) is 21.5. The fourth-order valence-electron chi connectivity index (χ4n) is 4.89. The standard InChI is InChI=1S/C23H18FN3O4/c24-15-3-1-2-13-11-27(23(8-9-23)19(13)15)22(30)12-4-6-16-17(10-12)31-21(25-16)14-5-7-18(28)26-20(14)29/h1-4,6,10,14H,5,7-9,11H2,(H,26,28,29). The first-order chi connectivity index (χ1) is 15.0. The minimum absolute atomic E-state index is 0.186. The molecule has 1 N–H and O–H groups in total. The molecule has 3 aliphatic rings. The Morgan fingerprint density at radius 3 is 2.84 bits per heavy atom. The minimum atomic E-state index is -0.630. The van der Waals surface area contributed by atoms with Gasteiger partial charge in [-0.05, 0) is 49.1 Å². The Hall–Kier alpha value is -3.55. The van der Waals surface area contributed by atoms with Gasteiger partial charge in [-0.1, -0.05) is 12.1 Å². The van der Waals surface area contributed by atoms with Crippen molar-refractivity contribution in [2.24, 2.45) is 0 Å². The number of aromatic nitrogens is 1. The van der Waals surface area contributed by atoms with Crippen LogP contribution in [0.5, 0.6) is 0 Å². The topological polar surface area (TPSA) is 92.5 Å². The molecule has 3 amide bonds. The summed E-state index contributed by atoms with van der Waals surface area (Å²) in [7, 11) is 0. The highest BCUT2D eigenvalue weighted by atomic mass is 19.1. The summed E-state index contributed by atoms with van der Waals surface area (Å²) < 4.78 is 20.3. The Balaban J connectivity index is 1.32. The molecular formula is C23H18FN3O4. The van der Waals surface area contributed by atoms with Crippen molar-refractivity contribution in [2.75, 3.05) is 0 Å².